The molecule has 0 atom stereocenters. The van der Waals surface area contributed by atoms with Crippen molar-refractivity contribution in [1.82, 2.24) is 0 Å². The van der Waals surface area contributed by atoms with E-state index in [-0.39, 0.29) is 34.2 Å². The Balaban J connectivity index is 1.10. The third-order valence-electron chi connectivity index (χ3n) is 7.65. The number of rotatable bonds is 9. The fourth-order valence-electron chi connectivity index (χ4n) is 5.13. The lowest BCUT2D eigenvalue weighted by Crippen LogP contribution is -2.29. The van der Waals surface area contributed by atoms with E-state index in [2.05, 4.69) is 10.6 Å². The molecule has 4 amide bonds. The van der Waals surface area contributed by atoms with Crippen molar-refractivity contribution in [3.63, 3.8) is 0 Å². The summed E-state index contributed by atoms with van der Waals surface area (Å²) in [6.07, 6.45) is 0. The molecular weight excluding hydrogens is 610 g/mol. The number of imide groups is 1. The van der Waals surface area contributed by atoms with E-state index in [0.717, 1.165) is 4.90 Å². The molecular formula is C38H27N3O7. The van der Waals surface area contributed by atoms with Crippen LogP contribution in [0.3, 0.4) is 0 Å². The Morgan fingerprint density at radius 1 is 0.521 bits per heavy atom. The van der Waals surface area contributed by atoms with E-state index in [0.29, 0.717) is 45.3 Å². The molecule has 236 valence electrons. The van der Waals surface area contributed by atoms with Gasteiger partial charge in [-0.3, -0.25) is 28.8 Å². The van der Waals surface area contributed by atoms with Gasteiger partial charge in [0.05, 0.1) is 16.8 Å². The van der Waals surface area contributed by atoms with Gasteiger partial charge in [-0.25, -0.2) is 4.90 Å². The Kier molecular flexibility index (Phi) is 8.46. The average Bonchev–Trinajstić information content (AvgIpc) is 3.34. The molecule has 0 saturated carbocycles. The standard InChI is InChI=1S/C38H27N3O7/c1-22(42)25-5-3-7-28(19-25)39-35(44)24-9-14-31(15-10-24)48-32-16-12-30(13-17-32)41-37(46)33-18-11-27(21-34(33)38(41)47)36(45)40-29-8-4-6-26(20-29)23(2)43/h3-21H,1-2H3,(H,39,44)(H,40,45). The second-order valence-electron chi connectivity index (χ2n) is 11.0. The maximum absolute atomic E-state index is 13.3. The van der Waals surface area contributed by atoms with E-state index < -0.39 is 17.7 Å². The number of nitrogens with one attached hydrogen (secondary N) is 2. The molecule has 2 N–H and O–H groups in total. The number of ketones is 2. The molecule has 0 unspecified atom stereocenters. The molecule has 0 bridgehead atoms. The molecule has 0 fully saturated rings. The number of hydrogen-bond acceptors (Lipinski definition) is 7. The monoisotopic (exact) mass is 637 g/mol. The van der Waals surface area contributed by atoms with Gasteiger partial charge in [0.1, 0.15) is 11.5 Å². The molecule has 10 heteroatoms. The van der Waals surface area contributed by atoms with Crippen molar-refractivity contribution < 1.29 is 33.5 Å². The summed E-state index contributed by atoms with van der Waals surface area (Å²) < 4.78 is 5.90. The topological polar surface area (TPSA) is 139 Å². The summed E-state index contributed by atoms with van der Waals surface area (Å²) in [5.74, 6) is -1.29. The van der Waals surface area contributed by atoms with E-state index in [9.17, 15) is 28.8 Å². The number of hydrogen-bond donors (Lipinski definition) is 2. The van der Waals surface area contributed by atoms with Crippen LogP contribution < -0.4 is 20.3 Å². The third kappa shape index (κ3) is 6.49. The Hall–Kier alpha value is -6.68. The second-order valence-corrected chi connectivity index (χ2v) is 11.0. The molecule has 0 aromatic heterocycles. The van der Waals surface area contributed by atoms with Gasteiger partial charge in [0.25, 0.3) is 23.6 Å². The molecule has 1 aliphatic heterocycles. The van der Waals surface area contributed by atoms with Crippen LogP contribution >= 0.6 is 0 Å². The first-order valence-corrected chi connectivity index (χ1v) is 14.8. The van der Waals surface area contributed by atoms with Crippen molar-refractivity contribution >= 4 is 52.3 Å². The summed E-state index contributed by atoms with van der Waals surface area (Å²) >= 11 is 0. The first-order chi connectivity index (χ1) is 23.1. The van der Waals surface area contributed by atoms with Crippen LogP contribution in [0.5, 0.6) is 11.5 Å². The van der Waals surface area contributed by atoms with Gasteiger partial charge < -0.3 is 15.4 Å². The van der Waals surface area contributed by atoms with E-state index in [4.69, 9.17) is 4.74 Å². The van der Waals surface area contributed by atoms with Crippen LogP contribution in [-0.4, -0.2) is 35.2 Å². The minimum absolute atomic E-state index is 0.0983. The van der Waals surface area contributed by atoms with Crippen molar-refractivity contribution in [3.05, 3.63) is 149 Å². The smallest absolute Gasteiger partial charge is 0.266 e. The third-order valence-corrected chi connectivity index (χ3v) is 7.65. The number of ether oxygens (including phenoxy) is 1. The number of fused-ring (bicyclic) bond motifs is 1. The quantitative estimate of drug-likeness (QED) is 0.129. The van der Waals surface area contributed by atoms with Crippen molar-refractivity contribution in [1.29, 1.82) is 0 Å². The molecule has 0 aliphatic carbocycles. The molecule has 0 spiro atoms. The number of Topliss-reactive ketones (excluding diaryl/α,β-unsaturated/α-hetero) is 2. The van der Waals surface area contributed by atoms with Crippen molar-refractivity contribution in [2.45, 2.75) is 13.8 Å². The van der Waals surface area contributed by atoms with E-state index in [1.807, 2.05) is 0 Å². The summed E-state index contributed by atoms with van der Waals surface area (Å²) in [5.41, 5.74) is 3.03. The maximum Gasteiger partial charge on any atom is 0.266 e. The van der Waals surface area contributed by atoms with Gasteiger partial charge in [0.15, 0.2) is 11.6 Å². The molecule has 0 radical (unpaired) electrons. The number of anilines is 3. The summed E-state index contributed by atoms with van der Waals surface area (Å²) in [5, 5.41) is 5.49. The minimum Gasteiger partial charge on any atom is -0.457 e. The van der Waals surface area contributed by atoms with Crippen LogP contribution in [0.25, 0.3) is 0 Å². The number of amides is 4. The van der Waals surface area contributed by atoms with Gasteiger partial charge in [-0.2, -0.15) is 0 Å². The highest BCUT2D eigenvalue weighted by Gasteiger charge is 2.37. The van der Waals surface area contributed by atoms with Gasteiger partial charge in [-0.05, 0) is 105 Å². The molecule has 5 aromatic rings. The Labute approximate surface area is 275 Å². The number of nitrogens with zero attached hydrogens (tertiary/aromatic N) is 1. The fraction of sp³-hybridized carbons (Fsp3) is 0.0526. The van der Waals surface area contributed by atoms with E-state index in [1.165, 1.54) is 32.0 Å². The Bertz CT molecular complexity index is 2140. The summed E-state index contributed by atoms with van der Waals surface area (Å²) in [4.78, 5) is 76.5. The zero-order valence-corrected chi connectivity index (χ0v) is 25.8. The zero-order chi connectivity index (χ0) is 33.9. The van der Waals surface area contributed by atoms with Crippen molar-refractivity contribution in [3.8, 4) is 11.5 Å². The highest BCUT2D eigenvalue weighted by Crippen LogP contribution is 2.32. The van der Waals surface area contributed by atoms with Crippen LogP contribution in [0.4, 0.5) is 17.1 Å². The van der Waals surface area contributed by atoms with Crippen LogP contribution in [-0.2, 0) is 0 Å². The largest absolute Gasteiger partial charge is 0.457 e. The van der Waals surface area contributed by atoms with Gasteiger partial charge in [-0.1, -0.05) is 24.3 Å². The Morgan fingerprint density at radius 3 is 1.54 bits per heavy atom. The summed E-state index contributed by atoms with van der Waals surface area (Å²) in [6, 6.07) is 30.3. The summed E-state index contributed by atoms with van der Waals surface area (Å²) in [6.45, 7) is 2.89. The first-order valence-electron chi connectivity index (χ1n) is 14.8. The lowest BCUT2D eigenvalue weighted by Gasteiger charge is -2.14. The van der Waals surface area contributed by atoms with E-state index >= 15 is 0 Å². The van der Waals surface area contributed by atoms with Crippen LogP contribution in [0.2, 0.25) is 0 Å². The highest BCUT2D eigenvalue weighted by atomic mass is 16.5. The van der Waals surface area contributed by atoms with Gasteiger partial charge >= 0.3 is 0 Å². The molecule has 6 rings (SSSR count). The predicted octanol–water partition coefficient (Wildman–Crippen LogP) is 7.19. The molecule has 10 nitrogen and oxygen atoms in total. The first kappa shape index (κ1) is 31.3. The number of carbonyl (C=O) groups is 6. The van der Waals surface area contributed by atoms with Gasteiger partial charge in [0.2, 0.25) is 0 Å². The Morgan fingerprint density at radius 2 is 1.00 bits per heavy atom. The van der Waals surface area contributed by atoms with Gasteiger partial charge in [0, 0.05) is 33.6 Å². The average molecular weight is 638 g/mol. The van der Waals surface area contributed by atoms with Crippen molar-refractivity contribution in [2.75, 3.05) is 15.5 Å². The van der Waals surface area contributed by atoms with Crippen LogP contribution in [0.15, 0.2) is 115 Å². The van der Waals surface area contributed by atoms with Gasteiger partial charge in [-0.15, -0.1) is 0 Å². The molecule has 1 aliphatic rings. The number of carbonyl (C=O) groups excluding carboxylic acids is 6. The fourth-order valence-corrected chi connectivity index (χ4v) is 5.13. The minimum atomic E-state index is -0.571. The maximum atomic E-state index is 13.3. The summed E-state index contributed by atoms with van der Waals surface area (Å²) in [7, 11) is 0. The normalized spacial score (nSPS) is 11.9. The van der Waals surface area contributed by atoms with Crippen LogP contribution in [0.1, 0.15) is 76.0 Å². The van der Waals surface area contributed by atoms with Crippen molar-refractivity contribution in [2.24, 2.45) is 0 Å². The molecule has 1 heterocycles. The number of benzene rings is 5. The molecule has 48 heavy (non-hydrogen) atoms. The SMILES string of the molecule is CC(=O)c1cccc(NC(=O)c2ccc(Oc3ccc(N4C(=O)c5ccc(C(=O)Nc6cccc(C(C)=O)c6)cc5C4=O)cc3)cc2)c1. The lowest BCUT2D eigenvalue weighted by atomic mass is 10.0. The highest BCUT2D eigenvalue weighted by molar-refractivity contribution is 6.34. The van der Waals surface area contributed by atoms with Crippen LogP contribution in [0, 0.1) is 0 Å². The van der Waals surface area contributed by atoms with E-state index in [1.54, 1.807) is 97.1 Å². The molecule has 5 aromatic carbocycles. The second kappa shape index (κ2) is 13.0. The lowest BCUT2D eigenvalue weighted by molar-refractivity contribution is 0.0922. The molecule has 0 saturated heterocycles. The zero-order valence-electron chi connectivity index (χ0n) is 25.8. The predicted molar refractivity (Wildman–Crippen MR) is 179 cm³/mol.